The van der Waals surface area contributed by atoms with Gasteiger partial charge in [-0.1, -0.05) is 56.3 Å². The van der Waals surface area contributed by atoms with E-state index in [-0.39, 0.29) is 30.2 Å². The van der Waals surface area contributed by atoms with Crippen molar-refractivity contribution in [2.45, 2.75) is 70.2 Å². The number of likely N-dealkylation sites (tertiary alicyclic amines) is 1. The topological polar surface area (TPSA) is 90.4 Å². The molecule has 0 radical (unpaired) electrons. The second-order valence-corrected chi connectivity index (χ2v) is 11.7. The van der Waals surface area contributed by atoms with E-state index in [1.54, 1.807) is 26.9 Å². The molecule has 2 bridgehead atoms. The third kappa shape index (κ3) is 5.00. The van der Waals surface area contributed by atoms with E-state index < -0.39 is 29.1 Å². The molecule has 8 nitrogen and oxygen atoms in total. The van der Waals surface area contributed by atoms with Gasteiger partial charge in [-0.25, -0.2) is 0 Å². The van der Waals surface area contributed by atoms with Crippen LogP contribution in [-0.2, 0) is 25.7 Å². The monoisotopic (exact) mass is 551 g/mol. The molecule has 3 saturated heterocycles. The van der Waals surface area contributed by atoms with Crippen LogP contribution in [0, 0.1) is 17.8 Å². The zero-order chi connectivity index (χ0) is 29.1. The van der Waals surface area contributed by atoms with Gasteiger partial charge in [-0.05, 0) is 44.1 Å². The third-order valence-electron chi connectivity index (χ3n) is 9.15. The second-order valence-electron chi connectivity index (χ2n) is 11.7. The molecule has 1 N–H and O–H groups in total. The molecule has 1 aromatic carbocycles. The molecule has 4 rings (SSSR count). The molecule has 0 saturated carbocycles. The highest BCUT2D eigenvalue weighted by Gasteiger charge is 2.80. The van der Waals surface area contributed by atoms with Gasteiger partial charge >= 0.3 is 0 Å². The third-order valence-corrected chi connectivity index (χ3v) is 9.15. The fraction of sp³-hybridized carbons (Fsp3) is 0.594. The number of amides is 3. The number of carbonyl (C=O) groups is 3. The summed E-state index contributed by atoms with van der Waals surface area (Å²) in [6.45, 7) is 15.7. The van der Waals surface area contributed by atoms with Crippen LogP contribution in [0.3, 0.4) is 0 Å². The summed E-state index contributed by atoms with van der Waals surface area (Å²) >= 11 is 0. The highest BCUT2D eigenvalue weighted by Crippen LogP contribution is 2.65. The van der Waals surface area contributed by atoms with Crippen molar-refractivity contribution >= 4 is 17.7 Å². The minimum absolute atomic E-state index is 0.00601. The first-order chi connectivity index (χ1) is 19.2. The lowest BCUT2D eigenvalue weighted by atomic mass is 9.62. The van der Waals surface area contributed by atoms with Crippen molar-refractivity contribution < 1.29 is 24.2 Å². The molecule has 3 amide bonds. The lowest BCUT2D eigenvalue weighted by molar-refractivity contribution is -0.155. The van der Waals surface area contributed by atoms with Gasteiger partial charge in [0.1, 0.15) is 11.6 Å². The van der Waals surface area contributed by atoms with E-state index in [0.717, 1.165) is 12.0 Å². The van der Waals surface area contributed by atoms with Crippen LogP contribution in [0.15, 0.2) is 55.6 Å². The summed E-state index contributed by atoms with van der Waals surface area (Å²) in [6, 6.07) is 8.90. The summed E-state index contributed by atoms with van der Waals surface area (Å²) < 4.78 is 6.88. The molecule has 3 fully saturated rings. The molecular formula is C32H45N3O5. The van der Waals surface area contributed by atoms with Gasteiger partial charge in [0.2, 0.25) is 17.7 Å². The predicted octanol–water partition coefficient (Wildman–Crippen LogP) is 3.41. The summed E-state index contributed by atoms with van der Waals surface area (Å²) in [7, 11) is 0. The number of ether oxygens (including phenoxy) is 1. The van der Waals surface area contributed by atoms with Gasteiger partial charge < -0.3 is 24.5 Å². The summed E-state index contributed by atoms with van der Waals surface area (Å²) in [5.41, 5.74) is -0.972. The fourth-order valence-electron chi connectivity index (χ4n) is 7.31. The number of benzene rings is 1. The van der Waals surface area contributed by atoms with Crippen LogP contribution >= 0.6 is 0 Å². The Hall–Kier alpha value is -2.97. The molecule has 40 heavy (non-hydrogen) atoms. The van der Waals surface area contributed by atoms with Crippen molar-refractivity contribution in [2.75, 3.05) is 32.8 Å². The standard InChI is InChI=1S/C32H45N3O5/c1-6-16-33(17-7-2)28(37)25-26-29(38)35(19-12-13-20-36)27(32(26)21-23(4)31(25,5)40-32)30(39)34(18-8-3)22-24-14-10-9-11-15-24/h6,8-11,14-15,23,25-27,36H,1,3,7,12-13,16-22H2,2,4-5H3/t23?,25-,26-,27?,31+,32?/m0/s1. The van der Waals surface area contributed by atoms with Gasteiger partial charge in [0.05, 0.1) is 17.4 Å². The van der Waals surface area contributed by atoms with Crippen LogP contribution in [-0.4, -0.2) is 87.6 Å². The van der Waals surface area contributed by atoms with E-state index in [0.29, 0.717) is 52.0 Å². The molecule has 0 aromatic heterocycles. The first-order valence-corrected chi connectivity index (χ1v) is 14.6. The van der Waals surface area contributed by atoms with Crippen molar-refractivity contribution in [2.24, 2.45) is 17.8 Å². The summed E-state index contributed by atoms with van der Waals surface area (Å²) in [5, 5.41) is 9.44. The highest BCUT2D eigenvalue weighted by molar-refractivity contribution is 5.99. The number of aliphatic hydroxyl groups is 1. The summed E-state index contributed by atoms with van der Waals surface area (Å²) in [5.74, 6) is -1.94. The van der Waals surface area contributed by atoms with Crippen molar-refractivity contribution in [3.05, 3.63) is 61.2 Å². The van der Waals surface area contributed by atoms with Crippen LogP contribution < -0.4 is 0 Å². The Morgan fingerprint density at radius 1 is 1.12 bits per heavy atom. The lowest BCUT2D eigenvalue weighted by Gasteiger charge is -2.39. The molecule has 1 aromatic rings. The van der Waals surface area contributed by atoms with Gasteiger partial charge in [-0.15, -0.1) is 13.2 Å². The molecule has 8 heteroatoms. The Kier molecular flexibility index (Phi) is 9.20. The quantitative estimate of drug-likeness (QED) is 0.283. The Morgan fingerprint density at radius 2 is 1.80 bits per heavy atom. The summed E-state index contributed by atoms with van der Waals surface area (Å²) in [4.78, 5) is 48.2. The second kappa shape index (κ2) is 12.3. The van der Waals surface area contributed by atoms with Crippen molar-refractivity contribution in [1.82, 2.24) is 14.7 Å². The Labute approximate surface area is 238 Å². The lowest BCUT2D eigenvalue weighted by Crippen LogP contribution is -2.57. The average molecular weight is 552 g/mol. The number of rotatable bonds is 14. The molecule has 3 heterocycles. The smallest absolute Gasteiger partial charge is 0.248 e. The highest BCUT2D eigenvalue weighted by atomic mass is 16.5. The zero-order valence-corrected chi connectivity index (χ0v) is 24.3. The van der Waals surface area contributed by atoms with E-state index in [2.05, 4.69) is 20.1 Å². The van der Waals surface area contributed by atoms with Gasteiger partial charge in [-0.2, -0.15) is 0 Å². The van der Waals surface area contributed by atoms with E-state index in [9.17, 15) is 19.5 Å². The van der Waals surface area contributed by atoms with Crippen LogP contribution in [0.4, 0.5) is 0 Å². The number of carbonyl (C=O) groups excluding carboxylic acids is 3. The Bertz CT molecular complexity index is 1110. The Morgan fingerprint density at radius 3 is 2.42 bits per heavy atom. The number of unbranched alkanes of at least 4 members (excludes halogenated alkanes) is 1. The molecule has 3 aliphatic heterocycles. The van der Waals surface area contributed by atoms with Crippen molar-refractivity contribution in [1.29, 1.82) is 0 Å². The average Bonchev–Trinajstić information content (AvgIpc) is 3.45. The molecule has 3 unspecified atom stereocenters. The SMILES string of the molecule is C=CCN(Cc1ccccc1)C(=O)C1N(CCCCO)C(=O)[C@@H]2[C@@H](C(=O)N(CC=C)CCC)[C@]3(C)OC12CC3C. The number of hydrogen-bond donors (Lipinski definition) is 1. The molecule has 0 aliphatic carbocycles. The number of hydrogen-bond acceptors (Lipinski definition) is 5. The van der Waals surface area contributed by atoms with Crippen LogP contribution in [0.5, 0.6) is 0 Å². The molecule has 3 aliphatic rings. The van der Waals surface area contributed by atoms with Crippen LogP contribution in [0.1, 0.15) is 52.0 Å². The van der Waals surface area contributed by atoms with Crippen LogP contribution in [0.2, 0.25) is 0 Å². The van der Waals surface area contributed by atoms with Crippen molar-refractivity contribution in [3.8, 4) is 0 Å². The predicted molar refractivity (Wildman–Crippen MR) is 154 cm³/mol. The normalized spacial score (nSPS) is 30.3. The maximum atomic E-state index is 14.5. The minimum atomic E-state index is -1.09. The fourth-order valence-corrected chi connectivity index (χ4v) is 7.31. The maximum absolute atomic E-state index is 14.5. The molecular weight excluding hydrogens is 506 g/mol. The molecule has 218 valence electrons. The van der Waals surface area contributed by atoms with Gasteiger partial charge in [0.15, 0.2) is 0 Å². The number of aliphatic hydroxyl groups excluding tert-OH is 1. The van der Waals surface area contributed by atoms with E-state index in [1.165, 1.54) is 0 Å². The van der Waals surface area contributed by atoms with Gasteiger partial charge in [0.25, 0.3) is 0 Å². The number of fused-ring (bicyclic) bond motifs is 1. The van der Waals surface area contributed by atoms with Gasteiger partial charge in [0, 0.05) is 39.3 Å². The molecule has 6 atom stereocenters. The van der Waals surface area contributed by atoms with Crippen molar-refractivity contribution in [3.63, 3.8) is 0 Å². The van der Waals surface area contributed by atoms with E-state index >= 15 is 0 Å². The zero-order valence-electron chi connectivity index (χ0n) is 24.3. The maximum Gasteiger partial charge on any atom is 0.248 e. The van der Waals surface area contributed by atoms with E-state index in [4.69, 9.17) is 4.74 Å². The Balaban J connectivity index is 1.77. The van der Waals surface area contributed by atoms with Gasteiger partial charge in [-0.3, -0.25) is 14.4 Å². The van der Waals surface area contributed by atoms with Crippen LogP contribution in [0.25, 0.3) is 0 Å². The first-order valence-electron chi connectivity index (χ1n) is 14.6. The number of nitrogens with zero attached hydrogens (tertiary/aromatic N) is 3. The minimum Gasteiger partial charge on any atom is -0.396 e. The summed E-state index contributed by atoms with van der Waals surface area (Å²) in [6.07, 6.45) is 5.79. The molecule has 1 spiro atoms. The van der Waals surface area contributed by atoms with E-state index in [1.807, 2.05) is 44.2 Å². The largest absolute Gasteiger partial charge is 0.396 e. The first kappa shape index (κ1) is 30.0.